The van der Waals surface area contributed by atoms with Gasteiger partial charge in [-0.15, -0.1) is 0 Å². The fourth-order valence-corrected chi connectivity index (χ4v) is 1.79. The average molecular weight is 231 g/mol. The average Bonchev–Trinajstić information content (AvgIpc) is 2.39. The molecule has 0 radical (unpaired) electrons. The van der Waals surface area contributed by atoms with Gasteiger partial charge in [-0.25, -0.2) is 0 Å². The first-order chi connectivity index (χ1) is 8.34. The van der Waals surface area contributed by atoms with E-state index in [-0.39, 0.29) is 5.91 Å². The van der Waals surface area contributed by atoms with E-state index in [2.05, 4.69) is 21.7 Å². The van der Waals surface area contributed by atoms with Gasteiger partial charge in [0.2, 0.25) is 5.91 Å². The van der Waals surface area contributed by atoms with Crippen molar-refractivity contribution in [1.29, 1.82) is 0 Å². The molecule has 17 heavy (non-hydrogen) atoms. The van der Waals surface area contributed by atoms with Gasteiger partial charge in [-0.1, -0.05) is 11.6 Å². The van der Waals surface area contributed by atoms with E-state index in [1.165, 1.54) is 5.57 Å². The standard InChI is InChI=1S/C13H17N3O/c17-13(9-11-1-5-14-6-2-11)16-10-12-3-7-15-8-4-12/h1-3,5-6,15H,4,7-10H2,(H,16,17). The van der Waals surface area contributed by atoms with Crippen LogP contribution in [0.2, 0.25) is 0 Å². The normalized spacial score (nSPS) is 15.2. The van der Waals surface area contributed by atoms with Gasteiger partial charge in [0.15, 0.2) is 0 Å². The lowest BCUT2D eigenvalue weighted by atomic mass is 10.1. The maximum absolute atomic E-state index is 11.7. The van der Waals surface area contributed by atoms with Crippen molar-refractivity contribution in [2.75, 3.05) is 19.6 Å². The van der Waals surface area contributed by atoms with Crippen molar-refractivity contribution in [3.8, 4) is 0 Å². The largest absolute Gasteiger partial charge is 0.352 e. The molecule has 0 fully saturated rings. The summed E-state index contributed by atoms with van der Waals surface area (Å²) in [5.41, 5.74) is 2.31. The zero-order valence-corrected chi connectivity index (χ0v) is 9.78. The van der Waals surface area contributed by atoms with E-state index >= 15 is 0 Å². The number of hydrogen-bond acceptors (Lipinski definition) is 3. The first kappa shape index (κ1) is 11.8. The topological polar surface area (TPSA) is 54.0 Å². The molecule has 4 heteroatoms. The molecule has 0 spiro atoms. The van der Waals surface area contributed by atoms with E-state index in [0.717, 1.165) is 25.1 Å². The summed E-state index contributed by atoms with van der Waals surface area (Å²) in [7, 11) is 0. The molecule has 1 amide bonds. The minimum Gasteiger partial charge on any atom is -0.352 e. The Hall–Kier alpha value is -1.68. The summed E-state index contributed by atoms with van der Waals surface area (Å²) in [6, 6.07) is 3.73. The molecule has 1 aromatic heterocycles. The molecule has 0 aliphatic carbocycles. The number of carbonyl (C=O) groups excluding carboxylic acids is 1. The Morgan fingerprint density at radius 1 is 1.41 bits per heavy atom. The van der Waals surface area contributed by atoms with Gasteiger partial charge in [-0.2, -0.15) is 0 Å². The molecule has 2 heterocycles. The van der Waals surface area contributed by atoms with Crippen molar-refractivity contribution in [3.05, 3.63) is 41.7 Å². The van der Waals surface area contributed by atoms with E-state index < -0.39 is 0 Å². The molecule has 1 aromatic rings. The highest BCUT2D eigenvalue weighted by Gasteiger charge is 2.06. The lowest BCUT2D eigenvalue weighted by Crippen LogP contribution is -2.30. The van der Waals surface area contributed by atoms with E-state index in [9.17, 15) is 4.79 Å². The molecule has 2 rings (SSSR count). The summed E-state index contributed by atoms with van der Waals surface area (Å²) in [6.07, 6.45) is 7.01. The fraction of sp³-hybridized carbons (Fsp3) is 0.385. The monoisotopic (exact) mass is 231 g/mol. The SMILES string of the molecule is O=C(Cc1ccncc1)NCC1=CCNCC1. The van der Waals surface area contributed by atoms with Gasteiger partial charge in [0.05, 0.1) is 6.42 Å². The minimum absolute atomic E-state index is 0.0654. The van der Waals surface area contributed by atoms with Gasteiger partial charge in [0.25, 0.3) is 0 Å². The van der Waals surface area contributed by atoms with Gasteiger partial charge in [0.1, 0.15) is 0 Å². The zero-order valence-electron chi connectivity index (χ0n) is 9.78. The van der Waals surface area contributed by atoms with Crippen LogP contribution in [0.3, 0.4) is 0 Å². The van der Waals surface area contributed by atoms with Gasteiger partial charge in [-0.3, -0.25) is 9.78 Å². The predicted molar refractivity (Wildman–Crippen MR) is 66.5 cm³/mol. The number of pyridine rings is 1. The summed E-state index contributed by atoms with van der Waals surface area (Å²) in [5.74, 6) is 0.0654. The van der Waals surface area contributed by atoms with Crippen LogP contribution in [0.5, 0.6) is 0 Å². The molecule has 0 aromatic carbocycles. The molecular formula is C13H17N3O. The Kier molecular flexibility index (Phi) is 4.27. The summed E-state index contributed by atoms with van der Waals surface area (Å²) in [5, 5.41) is 6.19. The highest BCUT2D eigenvalue weighted by atomic mass is 16.1. The lowest BCUT2D eigenvalue weighted by molar-refractivity contribution is -0.120. The van der Waals surface area contributed by atoms with Crippen LogP contribution in [0.4, 0.5) is 0 Å². The van der Waals surface area contributed by atoms with Gasteiger partial charge in [0, 0.05) is 25.5 Å². The summed E-state index contributed by atoms with van der Waals surface area (Å²) in [4.78, 5) is 15.6. The maximum Gasteiger partial charge on any atom is 0.224 e. The molecule has 1 aliphatic rings. The third-order valence-corrected chi connectivity index (χ3v) is 2.78. The zero-order chi connectivity index (χ0) is 11.9. The molecular weight excluding hydrogens is 214 g/mol. The third-order valence-electron chi connectivity index (χ3n) is 2.78. The molecule has 0 unspecified atom stereocenters. The number of amides is 1. The van der Waals surface area contributed by atoms with Gasteiger partial charge in [-0.05, 0) is 30.7 Å². The van der Waals surface area contributed by atoms with Crippen molar-refractivity contribution >= 4 is 5.91 Å². The van der Waals surface area contributed by atoms with Crippen molar-refractivity contribution in [2.45, 2.75) is 12.8 Å². The second-order valence-electron chi connectivity index (χ2n) is 4.13. The quantitative estimate of drug-likeness (QED) is 0.748. The number of nitrogens with zero attached hydrogens (tertiary/aromatic N) is 1. The van der Waals surface area contributed by atoms with Crippen LogP contribution in [-0.2, 0) is 11.2 Å². The smallest absolute Gasteiger partial charge is 0.224 e. The summed E-state index contributed by atoms with van der Waals surface area (Å²) >= 11 is 0. The Bertz CT molecular complexity index is 400. The number of aromatic nitrogens is 1. The van der Waals surface area contributed by atoms with Crippen LogP contribution in [0.1, 0.15) is 12.0 Å². The molecule has 0 bridgehead atoms. The van der Waals surface area contributed by atoms with E-state index in [1.807, 2.05) is 12.1 Å². The van der Waals surface area contributed by atoms with Crippen molar-refractivity contribution in [1.82, 2.24) is 15.6 Å². The molecule has 0 saturated heterocycles. The molecule has 4 nitrogen and oxygen atoms in total. The Balaban J connectivity index is 1.76. The molecule has 90 valence electrons. The third kappa shape index (κ3) is 4.00. The second kappa shape index (κ2) is 6.15. The first-order valence-corrected chi connectivity index (χ1v) is 5.89. The van der Waals surface area contributed by atoms with Crippen LogP contribution in [0, 0.1) is 0 Å². The number of nitrogens with one attached hydrogen (secondary N) is 2. The van der Waals surface area contributed by atoms with Crippen LogP contribution < -0.4 is 10.6 Å². The van der Waals surface area contributed by atoms with Gasteiger partial charge < -0.3 is 10.6 Å². The van der Waals surface area contributed by atoms with Crippen molar-refractivity contribution < 1.29 is 4.79 Å². The van der Waals surface area contributed by atoms with E-state index in [4.69, 9.17) is 0 Å². The Morgan fingerprint density at radius 3 is 2.94 bits per heavy atom. The lowest BCUT2D eigenvalue weighted by Gasteiger charge is -2.14. The van der Waals surface area contributed by atoms with Crippen molar-refractivity contribution in [3.63, 3.8) is 0 Å². The van der Waals surface area contributed by atoms with Crippen LogP contribution in [0.15, 0.2) is 36.2 Å². The Labute approximate surface area is 101 Å². The van der Waals surface area contributed by atoms with Gasteiger partial charge >= 0.3 is 0 Å². The van der Waals surface area contributed by atoms with E-state index in [1.54, 1.807) is 12.4 Å². The Morgan fingerprint density at radius 2 is 2.24 bits per heavy atom. The number of carbonyl (C=O) groups is 1. The first-order valence-electron chi connectivity index (χ1n) is 5.89. The minimum atomic E-state index is 0.0654. The highest BCUT2D eigenvalue weighted by Crippen LogP contribution is 2.03. The number of rotatable bonds is 4. The van der Waals surface area contributed by atoms with Crippen LogP contribution in [-0.4, -0.2) is 30.5 Å². The molecule has 1 aliphatic heterocycles. The second-order valence-corrected chi connectivity index (χ2v) is 4.13. The predicted octanol–water partition coefficient (Wildman–Crippen LogP) is 0.660. The fourth-order valence-electron chi connectivity index (χ4n) is 1.79. The highest BCUT2D eigenvalue weighted by molar-refractivity contribution is 5.78. The molecule has 0 atom stereocenters. The number of hydrogen-bond donors (Lipinski definition) is 2. The van der Waals surface area contributed by atoms with E-state index in [0.29, 0.717) is 13.0 Å². The summed E-state index contributed by atoms with van der Waals surface area (Å²) < 4.78 is 0. The van der Waals surface area contributed by atoms with Crippen LogP contribution in [0.25, 0.3) is 0 Å². The maximum atomic E-state index is 11.7. The molecule has 2 N–H and O–H groups in total. The van der Waals surface area contributed by atoms with Crippen LogP contribution >= 0.6 is 0 Å². The summed E-state index contributed by atoms with van der Waals surface area (Å²) in [6.45, 7) is 2.59. The molecule has 0 saturated carbocycles. The van der Waals surface area contributed by atoms with Crippen molar-refractivity contribution in [2.24, 2.45) is 0 Å².